The van der Waals surface area contributed by atoms with Crippen LogP contribution in [0.1, 0.15) is 34.6 Å². The van der Waals surface area contributed by atoms with E-state index >= 15 is 0 Å². The Kier molecular flexibility index (Phi) is 4.81. The largest absolute Gasteiger partial charge is 0.471 e. The maximum absolute atomic E-state index is 13.0. The fourth-order valence-electron chi connectivity index (χ4n) is 3.66. The van der Waals surface area contributed by atoms with Gasteiger partial charge in [0, 0.05) is 29.2 Å². The van der Waals surface area contributed by atoms with Crippen LogP contribution in [0.5, 0.6) is 5.88 Å². The van der Waals surface area contributed by atoms with E-state index in [0.717, 1.165) is 29.4 Å². The van der Waals surface area contributed by atoms with Gasteiger partial charge in [-0.3, -0.25) is 9.59 Å². The summed E-state index contributed by atoms with van der Waals surface area (Å²) in [6, 6.07) is 11.1. The number of H-pyrrole nitrogens is 1. The first-order chi connectivity index (χ1) is 13.5. The molecular weight excluding hydrogens is 356 g/mol. The topological polar surface area (TPSA) is 88.2 Å². The molecule has 1 aliphatic heterocycles. The van der Waals surface area contributed by atoms with Crippen molar-refractivity contribution in [3.63, 3.8) is 0 Å². The van der Waals surface area contributed by atoms with Gasteiger partial charge in [0.25, 0.3) is 11.7 Å². The highest BCUT2D eigenvalue weighted by Gasteiger charge is 2.31. The van der Waals surface area contributed by atoms with E-state index in [0.29, 0.717) is 30.2 Å². The van der Waals surface area contributed by atoms with Crippen LogP contribution >= 0.6 is 0 Å². The second-order valence-corrected chi connectivity index (χ2v) is 7.15. The van der Waals surface area contributed by atoms with Crippen LogP contribution in [0.4, 0.5) is 0 Å². The van der Waals surface area contributed by atoms with E-state index in [1.165, 1.54) is 0 Å². The molecule has 4 rings (SSSR count). The van der Waals surface area contributed by atoms with Gasteiger partial charge in [-0.25, -0.2) is 0 Å². The molecule has 1 saturated heterocycles. The zero-order valence-corrected chi connectivity index (χ0v) is 15.9. The number of aryl methyl sites for hydroxylation is 2. The van der Waals surface area contributed by atoms with Crippen molar-refractivity contribution < 1.29 is 14.3 Å². The third-order valence-corrected chi connectivity index (χ3v) is 5.04. The molecule has 1 aromatic carbocycles. The number of hydrogen-bond acceptors (Lipinski definition) is 5. The third-order valence-electron chi connectivity index (χ3n) is 5.04. The Labute approximate surface area is 162 Å². The Balaban J connectivity index is 1.50. The second-order valence-electron chi connectivity index (χ2n) is 7.15. The number of fused-ring (bicyclic) bond motifs is 1. The lowest BCUT2D eigenvalue weighted by Gasteiger charge is -2.32. The molecule has 1 amide bonds. The summed E-state index contributed by atoms with van der Waals surface area (Å²) in [6.07, 6.45) is 1.38. The Morgan fingerprint density at radius 1 is 1.14 bits per heavy atom. The van der Waals surface area contributed by atoms with Gasteiger partial charge in [0.1, 0.15) is 6.10 Å². The highest BCUT2D eigenvalue weighted by atomic mass is 16.5. The molecule has 0 aliphatic carbocycles. The number of nitrogens with zero attached hydrogens (tertiary/aromatic N) is 3. The van der Waals surface area contributed by atoms with Crippen molar-refractivity contribution in [1.29, 1.82) is 0 Å². The van der Waals surface area contributed by atoms with Gasteiger partial charge in [-0.2, -0.15) is 5.10 Å². The molecule has 0 saturated carbocycles. The predicted octanol–water partition coefficient (Wildman–Crippen LogP) is 2.83. The minimum Gasteiger partial charge on any atom is -0.471 e. The number of rotatable bonds is 4. The smallest absolute Gasteiger partial charge is 0.295 e. The van der Waals surface area contributed by atoms with Gasteiger partial charge in [-0.15, -0.1) is 5.10 Å². The van der Waals surface area contributed by atoms with Crippen LogP contribution in [0.15, 0.2) is 36.4 Å². The monoisotopic (exact) mass is 378 g/mol. The lowest BCUT2D eigenvalue weighted by molar-refractivity contribution is -0.129. The summed E-state index contributed by atoms with van der Waals surface area (Å²) < 4.78 is 5.87. The molecular formula is C21H22N4O3. The molecule has 0 radical (unpaired) electrons. The quantitative estimate of drug-likeness (QED) is 0.557. The summed E-state index contributed by atoms with van der Waals surface area (Å²) in [5.74, 6) is -0.537. The van der Waals surface area contributed by atoms with Crippen LogP contribution in [0.25, 0.3) is 10.9 Å². The molecule has 3 heterocycles. The number of Topliss-reactive ketones (excluding diaryl/α,β-unsaturated/α-hetero) is 1. The standard InChI is InChI=1S/C21H22N4O3/c1-13-9-10-18(24-23-13)28-15-6-5-11-25(12-15)21(27)20(26)19-14(2)22-17-8-4-3-7-16(17)19/h3-4,7-10,15,22H,5-6,11-12H2,1-2H3. The highest BCUT2D eigenvalue weighted by molar-refractivity contribution is 6.45. The number of para-hydroxylation sites is 1. The molecule has 1 aliphatic rings. The van der Waals surface area contributed by atoms with Crippen molar-refractivity contribution in [3.8, 4) is 5.88 Å². The van der Waals surface area contributed by atoms with Gasteiger partial charge in [-0.05, 0) is 38.8 Å². The maximum Gasteiger partial charge on any atom is 0.295 e. The first-order valence-electron chi connectivity index (χ1n) is 9.41. The zero-order valence-electron chi connectivity index (χ0n) is 15.9. The van der Waals surface area contributed by atoms with Gasteiger partial charge in [-0.1, -0.05) is 18.2 Å². The Morgan fingerprint density at radius 3 is 2.75 bits per heavy atom. The number of hydrogen-bond donors (Lipinski definition) is 1. The van der Waals surface area contributed by atoms with Crippen molar-refractivity contribution in [2.45, 2.75) is 32.8 Å². The van der Waals surface area contributed by atoms with Crippen LogP contribution in [-0.4, -0.2) is 51.0 Å². The number of nitrogens with one attached hydrogen (secondary N) is 1. The maximum atomic E-state index is 13.0. The summed E-state index contributed by atoms with van der Waals surface area (Å²) in [6.45, 7) is 4.59. The summed E-state index contributed by atoms with van der Waals surface area (Å²) >= 11 is 0. The van der Waals surface area contributed by atoms with E-state index in [-0.39, 0.29) is 6.10 Å². The molecule has 1 atom stereocenters. The molecule has 0 bridgehead atoms. The normalized spacial score (nSPS) is 16.9. The fourth-order valence-corrected chi connectivity index (χ4v) is 3.66. The number of carbonyl (C=O) groups excluding carboxylic acids is 2. The molecule has 0 spiro atoms. The van der Waals surface area contributed by atoms with Crippen molar-refractivity contribution in [3.05, 3.63) is 53.3 Å². The van der Waals surface area contributed by atoms with E-state index in [2.05, 4.69) is 15.2 Å². The number of benzene rings is 1. The fraction of sp³-hybridized carbons (Fsp3) is 0.333. The molecule has 7 heteroatoms. The number of likely N-dealkylation sites (tertiary alicyclic amines) is 1. The van der Waals surface area contributed by atoms with E-state index in [1.54, 1.807) is 11.0 Å². The van der Waals surface area contributed by atoms with Crippen molar-refractivity contribution in [2.24, 2.45) is 0 Å². The lowest BCUT2D eigenvalue weighted by Crippen LogP contribution is -2.47. The van der Waals surface area contributed by atoms with Gasteiger partial charge in [0.05, 0.1) is 17.8 Å². The molecule has 1 fully saturated rings. The zero-order chi connectivity index (χ0) is 19.7. The average molecular weight is 378 g/mol. The predicted molar refractivity (Wildman–Crippen MR) is 104 cm³/mol. The summed E-state index contributed by atoms with van der Waals surface area (Å²) in [7, 11) is 0. The number of aromatic amines is 1. The van der Waals surface area contributed by atoms with Crippen LogP contribution in [0.2, 0.25) is 0 Å². The number of ketones is 1. The molecule has 1 N–H and O–H groups in total. The van der Waals surface area contributed by atoms with Crippen LogP contribution in [-0.2, 0) is 4.79 Å². The van der Waals surface area contributed by atoms with Crippen molar-refractivity contribution >= 4 is 22.6 Å². The summed E-state index contributed by atoms with van der Waals surface area (Å²) in [5.41, 5.74) is 2.83. The lowest BCUT2D eigenvalue weighted by atomic mass is 10.0. The summed E-state index contributed by atoms with van der Waals surface area (Å²) in [4.78, 5) is 30.6. The van der Waals surface area contributed by atoms with Crippen LogP contribution in [0, 0.1) is 13.8 Å². The summed E-state index contributed by atoms with van der Waals surface area (Å²) in [5, 5.41) is 8.78. The van der Waals surface area contributed by atoms with Crippen molar-refractivity contribution in [2.75, 3.05) is 13.1 Å². The van der Waals surface area contributed by atoms with Crippen molar-refractivity contribution in [1.82, 2.24) is 20.1 Å². The molecule has 1 unspecified atom stereocenters. The SMILES string of the molecule is Cc1ccc(OC2CCCN(C(=O)C(=O)c3c(C)[nH]c4ccccc34)C2)nn1. The average Bonchev–Trinajstić information content (AvgIpc) is 3.04. The number of ether oxygens (including phenoxy) is 1. The van der Waals surface area contributed by atoms with E-state index in [4.69, 9.17) is 4.74 Å². The molecule has 3 aromatic rings. The first kappa shape index (κ1) is 18.2. The van der Waals surface area contributed by atoms with E-state index in [9.17, 15) is 9.59 Å². The number of carbonyl (C=O) groups is 2. The van der Waals surface area contributed by atoms with E-state index in [1.807, 2.05) is 44.2 Å². The molecule has 144 valence electrons. The van der Waals surface area contributed by atoms with Crippen LogP contribution in [0.3, 0.4) is 0 Å². The minimum atomic E-state index is -0.490. The minimum absolute atomic E-state index is 0.202. The van der Waals surface area contributed by atoms with Gasteiger partial charge in [0.2, 0.25) is 5.88 Å². The Morgan fingerprint density at radius 2 is 1.96 bits per heavy atom. The second kappa shape index (κ2) is 7.42. The number of aromatic nitrogens is 3. The number of amides is 1. The molecule has 7 nitrogen and oxygen atoms in total. The van der Waals surface area contributed by atoms with E-state index < -0.39 is 11.7 Å². The van der Waals surface area contributed by atoms with Gasteiger partial charge < -0.3 is 14.6 Å². The number of piperidine rings is 1. The van der Waals surface area contributed by atoms with Gasteiger partial charge >= 0.3 is 0 Å². The third kappa shape index (κ3) is 3.47. The van der Waals surface area contributed by atoms with Gasteiger partial charge in [0.15, 0.2) is 0 Å². The molecule has 2 aromatic heterocycles. The van der Waals surface area contributed by atoms with Crippen LogP contribution < -0.4 is 4.74 Å². The Hall–Kier alpha value is -3.22. The molecule has 28 heavy (non-hydrogen) atoms. The Bertz CT molecular complexity index is 1030. The highest BCUT2D eigenvalue weighted by Crippen LogP contribution is 2.24. The first-order valence-corrected chi connectivity index (χ1v) is 9.41.